The normalized spacial score (nSPS) is 12.0. The lowest BCUT2D eigenvalue weighted by atomic mass is 10.1. The van der Waals surface area contributed by atoms with Gasteiger partial charge in [-0.1, -0.05) is 41.4 Å². The number of rotatable bonds is 5. The first-order valence-corrected chi connectivity index (χ1v) is 7.74. The van der Waals surface area contributed by atoms with Crippen molar-refractivity contribution < 1.29 is 9.69 Å². The van der Waals surface area contributed by atoms with E-state index in [0.29, 0.717) is 11.6 Å². The smallest absolute Gasteiger partial charge is 0.279 e. The summed E-state index contributed by atoms with van der Waals surface area (Å²) in [6, 6.07) is 13.9. The van der Waals surface area contributed by atoms with Crippen LogP contribution in [-0.2, 0) is 11.3 Å². The molecular formula is C18H22ClN2O+. The molecule has 0 spiro atoms. The van der Waals surface area contributed by atoms with Gasteiger partial charge in [-0.3, -0.25) is 4.79 Å². The van der Waals surface area contributed by atoms with Crippen molar-refractivity contribution in [2.75, 3.05) is 18.9 Å². The van der Waals surface area contributed by atoms with Gasteiger partial charge in [0.15, 0.2) is 6.54 Å². The Kier molecular flexibility index (Phi) is 5.58. The fraction of sp³-hybridized carbons (Fsp3) is 0.278. The van der Waals surface area contributed by atoms with E-state index >= 15 is 0 Å². The number of aryl methyl sites for hydroxylation is 2. The Hall–Kier alpha value is -1.84. The van der Waals surface area contributed by atoms with Gasteiger partial charge >= 0.3 is 0 Å². The molecule has 0 saturated heterocycles. The number of amides is 1. The zero-order valence-electron chi connectivity index (χ0n) is 13.2. The molecule has 0 aliphatic heterocycles. The summed E-state index contributed by atoms with van der Waals surface area (Å²) < 4.78 is 0. The molecule has 2 aromatic carbocycles. The van der Waals surface area contributed by atoms with Crippen LogP contribution in [-0.4, -0.2) is 19.5 Å². The summed E-state index contributed by atoms with van der Waals surface area (Å²) in [4.78, 5) is 13.3. The van der Waals surface area contributed by atoms with Gasteiger partial charge in [0.1, 0.15) is 6.54 Å². The minimum Gasteiger partial charge on any atom is -0.326 e. The van der Waals surface area contributed by atoms with E-state index < -0.39 is 0 Å². The molecule has 0 fully saturated rings. The summed E-state index contributed by atoms with van der Waals surface area (Å²) in [5.41, 5.74) is 4.27. The maximum atomic E-state index is 12.1. The van der Waals surface area contributed by atoms with Gasteiger partial charge in [-0.15, -0.1) is 0 Å². The second-order valence-corrected chi connectivity index (χ2v) is 6.24. The molecule has 0 heterocycles. The number of quaternary nitrogens is 1. The highest BCUT2D eigenvalue weighted by Crippen LogP contribution is 2.19. The molecular weight excluding hydrogens is 296 g/mol. The molecule has 3 nitrogen and oxygen atoms in total. The molecule has 0 aliphatic rings. The van der Waals surface area contributed by atoms with Gasteiger partial charge in [-0.2, -0.15) is 0 Å². The van der Waals surface area contributed by atoms with Crippen molar-refractivity contribution in [3.8, 4) is 0 Å². The van der Waals surface area contributed by atoms with Gasteiger partial charge in [0.05, 0.1) is 7.05 Å². The Morgan fingerprint density at radius 2 is 1.82 bits per heavy atom. The van der Waals surface area contributed by atoms with E-state index in [0.717, 1.165) is 22.7 Å². The van der Waals surface area contributed by atoms with Crippen LogP contribution < -0.4 is 10.2 Å². The molecule has 1 unspecified atom stereocenters. The number of likely N-dealkylation sites (N-methyl/N-ethyl adjacent to an activating group) is 1. The van der Waals surface area contributed by atoms with Gasteiger partial charge < -0.3 is 10.2 Å². The van der Waals surface area contributed by atoms with Crippen molar-refractivity contribution in [2.45, 2.75) is 20.4 Å². The molecule has 1 atom stereocenters. The van der Waals surface area contributed by atoms with Crippen molar-refractivity contribution in [2.24, 2.45) is 0 Å². The average Bonchev–Trinajstić information content (AvgIpc) is 2.44. The van der Waals surface area contributed by atoms with Gasteiger partial charge in [-0.05, 0) is 37.6 Å². The maximum absolute atomic E-state index is 12.1. The first kappa shape index (κ1) is 16.5. The summed E-state index contributed by atoms with van der Waals surface area (Å²) in [6.07, 6.45) is 0. The number of hydrogen-bond donors (Lipinski definition) is 2. The molecule has 1 amide bonds. The molecule has 116 valence electrons. The number of anilines is 1. The summed E-state index contributed by atoms with van der Waals surface area (Å²) in [7, 11) is 2.02. The second-order valence-electron chi connectivity index (χ2n) is 5.80. The van der Waals surface area contributed by atoms with Gasteiger partial charge in [0, 0.05) is 16.3 Å². The van der Waals surface area contributed by atoms with Crippen LogP contribution in [0.3, 0.4) is 0 Å². The Morgan fingerprint density at radius 1 is 1.14 bits per heavy atom. The van der Waals surface area contributed by atoms with Crippen LogP contribution in [0.25, 0.3) is 0 Å². The third kappa shape index (κ3) is 4.86. The predicted molar refractivity (Wildman–Crippen MR) is 91.5 cm³/mol. The lowest BCUT2D eigenvalue weighted by Crippen LogP contribution is -3.08. The number of nitrogens with one attached hydrogen (secondary N) is 2. The molecule has 0 saturated carbocycles. The summed E-state index contributed by atoms with van der Waals surface area (Å²) in [5, 5.41) is 3.62. The number of halogens is 1. The van der Waals surface area contributed by atoms with E-state index in [-0.39, 0.29) is 5.91 Å². The lowest BCUT2D eigenvalue weighted by molar-refractivity contribution is -0.885. The van der Waals surface area contributed by atoms with Crippen LogP contribution in [0.2, 0.25) is 5.02 Å². The van der Waals surface area contributed by atoms with Gasteiger partial charge in [-0.25, -0.2) is 0 Å². The largest absolute Gasteiger partial charge is 0.326 e. The van der Waals surface area contributed by atoms with E-state index in [4.69, 9.17) is 11.6 Å². The monoisotopic (exact) mass is 317 g/mol. The highest BCUT2D eigenvalue weighted by Gasteiger charge is 2.12. The van der Waals surface area contributed by atoms with Crippen LogP contribution in [0.5, 0.6) is 0 Å². The molecule has 22 heavy (non-hydrogen) atoms. The molecule has 0 aromatic heterocycles. The quantitative estimate of drug-likeness (QED) is 0.873. The number of benzene rings is 2. The fourth-order valence-corrected chi connectivity index (χ4v) is 2.58. The van der Waals surface area contributed by atoms with E-state index in [1.54, 1.807) is 6.07 Å². The summed E-state index contributed by atoms with van der Waals surface area (Å²) >= 11 is 5.92. The Morgan fingerprint density at radius 3 is 2.45 bits per heavy atom. The molecule has 0 aliphatic carbocycles. The van der Waals surface area contributed by atoms with E-state index in [1.165, 1.54) is 11.1 Å². The minimum atomic E-state index is 0.00929. The van der Waals surface area contributed by atoms with Crippen LogP contribution in [0.4, 0.5) is 5.69 Å². The number of carbonyl (C=O) groups is 1. The van der Waals surface area contributed by atoms with Gasteiger partial charge in [0.25, 0.3) is 5.91 Å². The third-order valence-corrected chi connectivity index (χ3v) is 3.79. The Balaban J connectivity index is 1.89. The van der Waals surface area contributed by atoms with Crippen molar-refractivity contribution in [3.05, 3.63) is 64.2 Å². The first-order valence-electron chi connectivity index (χ1n) is 7.37. The van der Waals surface area contributed by atoms with E-state index in [1.807, 2.05) is 26.1 Å². The number of hydrogen-bond acceptors (Lipinski definition) is 1. The Bertz CT molecular complexity index is 653. The van der Waals surface area contributed by atoms with Crippen LogP contribution >= 0.6 is 11.6 Å². The predicted octanol–water partition coefficient (Wildman–Crippen LogP) is 2.61. The lowest BCUT2D eigenvalue weighted by Gasteiger charge is -2.15. The van der Waals surface area contributed by atoms with Crippen molar-refractivity contribution in [3.63, 3.8) is 0 Å². The molecule has 2 aromatic rings. The third-order valence-electron chi connectivity index (χ3n) is 3.55. The summed E-state index contributed by atoms with van der Waals surface area (Å²) in [5.74, 6) is 0.00929. The SMILES string of the molecule is Cc1ccc(C[NH+](C)CC(=O)Nc2ccc(Cl)cc2C)cc1. The van der Waals surface area contributed by atoms with Crippen molar-refractivity contribution >= 4 is 23.2 Å². The molecule has 4 heteroatoms. The molecule has 2 rings (SSSR count). The standard InChI is InChI=1S/C18H21ClN2O/c1-13-4-6-15(7-5-13)11-21(3)12-18(22)20-17-9-8-16(19)10-14(17)2/h4-10H,11-12H2,1-3H3,(H,20,22)/p+1. The average molecular weight is 318 g/mol. The summed E-state index contributed by atoms with van der Waals surface area (Å²) in [6.45, 7) is 5.26. The van der Waals surface area contributed by atoms with Crippen LogP contribution in [0, 0.1) is 13.8 Å². The zero-order chi connectivity index (χ0) is 16.1. The molecule has 2 N–H and O–H groups in total. The highest BCUT2D eigenvalue weighted by molar-refractivity contribution is 6.30. The fourth-order valence-electron chi connectivity index (χ4n) is 2.35. The van der Waals surface area contributed by atoms with Crippen LogP contribution in [0.15, 0.2) is 42.5 Å². The Labute approximate surface area is 136 Å². The maximum Gasteiger partial charge on any atom is 0.279 e. The van der Waals surface area contributed by atoms with Crippen molar-refractivity contribution in [1.29, 1.82) is 0 Å². The molecule has 0 radical (unpaired) electrons. The second kappa shape index (κ2) is 7.43. The van der Waals surface area contributed by atoms with Gasteiger partial charge in [0.2, 0.25) is 0 Å². The van der Waals surface area contributed by atoms with E-state index in [2.05, 4.69) is 36.5 Å². The van der Waals surface area contributed by atoms with Crippen LogP contribution in [0.1, 0.15) is 16.7 Å². The highest BCUT2D eigenvalue weighted by atomic mass is 35.5. The van der Waals surface area contributed by atoms with Crippen molar-refractivity contribution in [1.82, 2.24) is 0 Å². The number of carbonyl (C=O) groups excluding carboxylic acids is 1. The molecule has 0 bridgehead atoms. The zero-order valence-corrected chi connectivity index (χ0v) is 14.0. The van der Waals surface area contributed by atoms with E-state index in [9.17, 15) is 4.79 Å². The minimum absolute atomic E-state index is 0.00929. The topological polar surface area (TPSA) is 33.5 Å². The first-order chi connectivity index (χ1) is 10.4.